The van der Waals surface area contributed by atoms with Crippen LogP contribution in [-0.2, 0) is 23.0 Å². The van der Waals surface area contributed by atoms with E-state index in [4.69, 9.17) is 11.6 Å². The van der Waals surface area contributed by atoms with Crippen LogP contribution in [0.5, 0.6) is 0 Å². The molecule has 24 heavy (non-hydrogen) atoms. The molecular weight excluding hydrogens is 348 g/mol. The lowest BCUT2D eigenvalue weighted by Crippen LogP contribution is -2.26. The second kappa shape index (κ2) is 6.58. The van der Waals surface area contributed by atoms with Crippen LogP contribution in [0.3, 0.4) is 0 Å². The molecule has 0 fully saturated rings. The predicted octanol–water partition coefficient (Wildman–Crippen LogP) is 2.87. The number of aromatic amines is 1. The molecule has 0 aliphatic rings. The van der Waals surface area contributed by atoms with Crippen LogP contribution in [-0.4, -0.2) is 29.7 Å². The minimum Gasteiger partial charge on any atom is -0.361 e. The molecule has 8 heteroatoms. The Labute approximate surface area is 145 Å². The summed E-state index contributed by atoms with van der Waals surface area (Å²) in [5.41, 5.74) is 2.65. The van der Waals surface area contributed by atoms with Crippen molar-refractivity contribution in [1.82, 2.24) is 19.5 Å². The largest absolute Gasteiger partial charge is 0.361 e. The Bertz CT molecular complexity index is 975. The molecule has 2 N–H and O–H groups in total. The summed E-state index contributed by atoms with van der Waals surface area (Å²) in [4.78, 5) is 3.39. The normalized spacial score (nSPS) is 12.1. The van der Waals surface area contributed by atoms with Gasteiger partial charge in [0, 0.05) is 35.2 Å². The van der Waals surface area contributed by atoms with E-state index in [0.29, 0.717) is 30.2 Å². The van der Waals surface area contributed by atoms with Gasteiger partial charge < -0.3 is 4.98 Å². The topological polar surface area (TPSA) is 79.8 Å². The third-order valence-electron chi connectivity index (χ3n) is 4.06. The van der Waals surface area contributed by atoms with Gasteiger partial charge in [0.1, 0.15) is 4.90 Å². The summed E-state index contributed by atoms with van der Waals surface area (Å²) in [5, 5.41) is 5.76. The molecule has 0 amide bonds. The Hall–Kier alpha value is -1.83. The maximum Gasteiger partial charge on any atom is 0.243 e. The van der Waals surface area contributed by atoms with Gasteiger partial charge in [-0.05, 0) is 44.0 Å². The maximum atomic E-state index is 12.4. The van der Waals surface area contributed by atoms with Crippen molar-refractivity contribution in [3.8, 4) is 0 Å². The number of halogens is 1. The number of nitrogens with one attached hydrogen (secondary N) is 2. The van der Waals surface area contributed by atoms with E-state index in [1.807, 2.05) is 31.3 Å². The van der Waals surface area contributed by atoms with Crippen LogP contribution < -0.4 is 4.72 Å². The number of rotatable bonds is 6. The molecule has 3 rings (SSSR count). The minimum atomic E-state index is -3.56. The molecule has 128 valence electrons. The van der Waals surface area contributed by atoms with Crippen molar-refractivity contribution in [3.05, 3.63) is 46.9 Å². The van der Waals surface area contributed by atoms with Gasteiger partial charge in [0.05, 0.1) is 11.9 Å². The highest BCUT2D eigenvalue weighted by Gasteiger charge is 2.20. The molecule has 0 atom stereocenters. The zero-order valence-electron chi connectivity index (χ0n) is 13.5. The maximum absolute atomic E-state index is 12.4. The first-order valence-corrected chi connectivity index (χ1v) is 9.56. The van der Waals surface area contributed by atoms with E-state index in [1.165, 1.54) is 6.20 Å². The fourth-order valence-corrected chi connectivity index (χ4v) is 4.15. The lowest BCUT2D eigenvalue weighted by atomic mass is 10.1. The number of nitrogens with zero attached hydrogens (tertiary/aromatic N) is 2. The predicted molar refractivity (Wildman–Crippen MR) is 94.8 cm³/mol. The number of hydrogen-bond acceptors (Lipinski definition) is 3. The number of aryl methyl sites for hydroxylation is 1. The second-order valence-electron chi connectivity index (χ2n) is 5.56. The summed E-state index contributed by atoms with van der Waals surface area (Å²) < 4.78 is 29.2. The third-order valence-corrected chi connectivity index (χ3v) is 5.86. The first kappa shape index (κ1) is 17.0. The Morgan fingerprint density at radius 3 is 2.88 bits per heavy atom. The van der Waals surface area contributed by atoms with E-state index >= 15 is 0 Å². The Morgan fingerprint density at radius 2 is 2.17 bits per heavy atom. The lowest BCUT2D eigenvalue weighted by Gasteiger charge is -2.06. The second-order valence-corrected chi connectivity index (χ2v) is 7.73. The number of H-pyrrole nitrogens is 1. The summed E-state index contributed by atoms with van der Waals surface area (Å²) in [6, 6.07) is 5.61. The summed E-state index contributed by atoms with van der Waals surface area (Å²) in [6.45, 7) is 4.62. The van der Waals surface area contributed by atoms with E-state index in [1.54, 1.807) is 11.6 Å². The molecule has 2 heterocycles. The van der Waals surface area contributed by atoms with Crippen molar-refractivity contribution >= 4 is 32.5 Å². The summed E-state index contributed by atoms with van der Waals surface area (Å²) in [5.74, 6) is 0. The van der Waals surface area contributed by atoms with Crippen molar-refractivity contribution in [3.63, 3.8) is 0 Å². The molecule has 0 saturated carbocycles. The number of hydrogen-bond donors (Lipinski definition) is 2. The van der Waals surface area contributed by atoms with Gasteiger partial charge in [0.25, 0.3) is 0 Å². The SMILES string of the molecule is CCn1ncc(S(=O)(=O)NCCc2c[nH]c3ccc(Cl)cc23)c1C. The van der Waals surface area contributed by atoms with E-state index in [9.17, 15) is 8.42 Å². The van der Waals surface area contributed by atoms with Crippen LogP contribution in [0, 0.1) is 6.92 Å². The highest BCUT2D eigenvalue weighted by Crippen LogP contribution is 2.22. The third kappa shape index (κ3) is 3.19. The molecule has 0 unspecified atom stereocenters. The monoisotopic (exact) mass is 366 g/mol. The van der Waals surface area contributed by atoms with Crippen LogP contribution in [0.4, 0.5) is 0 Å². The molecule has 6 nitrogen and oxygen atoms in total. The molecule has 0 saturated heterocycles. The van der Waals surface area contributed by atoms with Crippen LogP contribution in [0.15, 0.2) is 35.5 Å². The van der Waals surface area contributed by atoms with Crippen molar-refractivity contribution in [1.29, 1.82) is 0 Å². The van der Waals surface area contributed by atoms with E-state index in [0.717, 1.165) is 16.5 Å². The summed E-state index contributed by atoms with van der Waals surface area (Å²) in [6.07, 6.45) is 3.85. The van der Waals surface area contributed by atoms with Gasteiger partial charge in [0.2, 0.25) is 10.0 Å². The number of benzene rings is 1. The average Bonchev–Trinajstić information content (AvgIpc) is 3.11. The lowest BCUT2D eigenvalue weighted by molar-refractivity contribution is 0.579. The summed E-state index contributed by atoms with van der Waals surface area (Å²) in [7, 11) is -3.56. The molecule has 3 aromatic rings. The van der Waals surface area contributed by atoms with E-state index in [-0.39, 0.29) is 4.90 Å². The Balaban J connectivity index is 1.73. The molecule has 1 aromatic carbocycles. The standard InChI is InChI=1S/C16H19ClN4O2S/c1-3-21-11(2)16(10-19-21)24(22,23)20-7-6-12-9-18-15-5-4-13(17)8-14(12)15/h4-5,8-10,18,20H,3,6-7H2,1-2H3. The molecule has 0 aliphatic heterocycles. The van der Waals surface area contributed by atoms with Crippen LogP contribution in [0.1, 0.15) is 18.2 Å². The Morgan fingerprint density at radius 1 is 1.38 bits per heavy atom. The molecule has 0 spiro atoms. The van der Waals surface area contributed by atoms with Gasteiger partial charge in [-0.25, -0.2) is 13.1 Å². The Kier molecular flexibility index (Phi) is 4.67. The fraction of sp³-hybridized carbons (Fsp3) is 0.312. The molecule has 0 aliphatic carbocycles. The zero-order valence-corrected chi connectivity index (χ0v) is 15.1. The zero-order chi connectivity index (χ0) is 17.3. The summed E-state index contributed by atoms with van der Waals surface area (Å²) >= 11 is 6.03. The number of aromatic nitrogens is 3. The van der Waals surface area contributed by atoms with Crippen molar-refractivity contribution < 1.29 is 8.42 Å². The van der Waals surface area contributed by atoms with Gasteiger partial charge in [-0.1, -0.05) is 11.6 Å². The molecule has 0 radical (unpaired) electrons. The molecular formula is C16H19ClN4O2S. The van der Waals surface area contributed by atoms with Gasteiger partial charge in [-0.15, -0.1) is 0 Å². The van der Waals surface area contributed by atoms with E-state index in [2.05, 4.69) is 14.8 Å². The average molecular weight is 367 g/mol. The van der Waals surface area contributed by atoms with Gasteiger partial charge >= 0.3 is 0 Å². The molecule has 0 bridgehead atoms. The smallest absolute Gasteiger partial charge is 0.243 e. The van der Waals surface area contributed by atoms with Crippen LogP contribution in [0.25, 0.3) is 10.9 Å². The van der Waals surface area contributed by atoms with Gasteiger partial charge in [-0.2, -0.15) is 5.10 Å². The number of sulfonamides is 1. The highest BCUT2D eigenvalue weighted by molar-refractivity contribution is 7.89. The van der Waals surface area contributed by atoms with Gasteiger partial charge in [-0.3, -0.25) is 4.68 Å². The van der Waals surface area contributed by atoms with E-state index < -0.39 is 10.0 Å². The van der Waals surface area contributed by atoms with Crippen LogP contribution in [0.2, 0.25) is 5.02 Å². The quantitative estimate of drug-likeness (QED) is 0.704. The number of fused-ring (bicyclic) bond motifs is 1. The van der Waals surface area contributed by atoms with Gasteiger partial charge in [0.15, 0.2) is 0 Å². The highest BCUT2D eigenvalue weighted by atomic mass is 35.5. The van der Waals surface area contributed by atoms with Crippen molar-refractivity contribution in [2.45, 2.75) is 31.7 Å². The molecule has 2 aromatic heterocycles. The van der Waals surface area contributed by atoms with Crippen molar-refractivity contribution in [2.24, 2.45) is 0 Å². The first-order chi connectivity index (χ1) is 11.4. The first-order valence-electron chi connectivity index (χ1n) is 7.70. The fourth-order valence-electron chi connectivity index (χ4n) is 2.77. The van der Waals surface area contributed by atoms with Crippen LogP contribution >= 0.6 is 11.6 Å². The van der Waals surface area contributed by atoms with Crippen molar-refractivity contribution in [2.75, 3.05) is 6.54 Å². The minimum absolute atomic E-state index is 0.228.